The predicted octanol–water partition coefficient (Wildman–Crippen LogP) is 1.21. The molecule has 0 aromatic heterocycles. The number of nitrogens with two attached hydrogens (primary N) is 1. The molecule has 88 valence electrons. The molecule has 0 bridgehead atoms. The Hall–Kier alpha value is -1.40. The van der Waals surface area contributed by atoms with Gasteiger partial charge in [0.05, 0.1) is 10.6 Å². The maximum atomic E-state index is 12.9. The van der Waals surface area contributed by atoms with E-state index >= 15 is 0 Å². The first-order valence-corrected chi connectivity index (χ1v) is 5.96. The van der Waals surface area contributed by atoms with E-state index in [1.165, 1.54) is 19.2 Å². The Morgan fingerprint density at radius 2 is 2.19 bits per heavy atom. The van der Waals surface area contributed by atoms with Crippen LogP contribution >= 0.6 is 0 Å². The fraction of sp³-hybridized carbons (Fsp3) is 0.200. The fourth-order valence-electron chi connectivity index (χ4n) is 1.14. The molecule has 0 saturated heterocycles. The molecule has 0 aliphatic carbocycles. The van der Waals surface area contributed by atoms with Crippen LogP contribution in [0.3, 0.4) is 0 Å². The molecule has 4 nitrogen and oxygen atoms in total. The van der Waals surface area contributed by atoms with Gasteiger partial charge in [-0.25, -0.2) is 12.8 Å². The van der Waals surface area contributed by atoms with Gasteiger partial charge in [-0.15, -0.1) is 6.58 Å². The molecule has 0 aliphatic rings. The molecule has 0 fully saturated rings. The average Bonchev–Trinajstić information content (AvgIpc) is 2.22. The van der Waals surface area contributed by atoms with Gasteiger partial charge in [-0.2, -0.15) is 4.31 Å². The number of halogens is 1. The van der Waals surface area contributed by atoms with Crippen molar-refractivity contribution in [2.75, 3.05) is 19.3 Å². The zero-order chi connectivity index (χ0) is 12.3. The van der Waals surface area contributed by atoms with Gasteiger partial charge in [0.15, 0.2) is 0 Å². The molecule has 1 aromatic carbocycles. The lowest BCUT2D eigenvalue weighted by atomic mass is 10.3. The van der Waals surface area contributed by atoms with E-state index in [0.717, 1.165) is 16.4 Å². The summed E-state index contributed by atoms with van der Waals surface area (Å²) in [5, 5.41) is 0. The van der Waals surface area contributed by atoms with Crippen LogP contribution in [-0.2, 0) is 10.0 Å². The number of nitrogen functional groups attached to an aromatic ring is 1. The summed E-state index contributed by atoms with van der Waals surface area (Å²) in [6.45, 7) is 3.63. The smallest absolute Gasteiger partial charge is 0.243 e. The normalized spacial score (nSPS) is 11.7. The zero-order valence-electron chi connectivity index (χ0n) is 8.85. The SMILES string of the molecule is C=CCN(C)S(=O)(=O)c1ccc(F)c(N)c1. The van der Waals surface area contributed by atoms with Crippen LogP contribution in [0.25, 0.3) is 0 Å². The Bertz CT molecular complexity index is 500. The van der Waals surface area contributed by atoms with Gasteiger partial charge in [0.2, 0.25) is 10.0 Å². The zero-order valence-corrected chi connectivity index (χ0v) is 9.67. The van der Waals surface area contributed by atoms with Gasteiger partial charge in [0.1, 0.15) is 5.82 Å². The second-order valence-corrected chi connectivity index (χ2v) is 5.30. The number of hydrogen-bond acceptors (Lipinski definition) is 3. The lowest BCUT2D eigenvalue weighted by Gasteiger charge is -2.15. The van der Waals surface area contributed by atoms with E-state index < -0.39 is 15.8 Å². The summed E-state index contributed by atoms with van der Waals surface area (Å²) in [6.07, 6.45) is 1.46. The molecular formula is C10H13FN2O2S. The van der Waals surface area contributed by atoms with Gasteiger partial charge in [-0.1, -0.05) is 6.08 Å². The summed E-state index contributed by atoms with van der Waals surface area (Å²) < 4.78 is 37.8. The van der Waals surface area contributed by atoms with Crippen molar-refractivity contribution in [1.29, 1.82) is 0 Å². The molecular weight excluding hydrogens is 231 g/mol. The molecule has 0 unspecified atom stereocenters. The van der Waals surface area contributed by atoms with E-state index in [-0.39, 0.29) is 17.1 Å². The third-order valence-electron chi connectivity index (χ3n) is 2.06. The first-order valence-electron chi connectivity index (χ1n) is 4.52. The lowest BCUT2D eigenvalue weighted by Crippen LogP contribution is -2.27. The molecule has 0 aliphatic heterocycles. The number of anilines is 1. The second-order valence-electron chi connectivity index (χ2n) is 3.26. The molecule has 1 aromatic rings. The van der Waals surface area contributed by atoms with Crippen LogP contribution < -0.4 is 5.73 Å². The molecule has 2 N–H and O–H groups in total. The minimum atomic E-state index is -3.62. The van der Waals surface area contributed by atoms with Crippen molar-refractivity contribution in [2.24, 2.45) is 0 Å². The molecule has 0 radical (unpaired) electrons. The number of likely N-dealkylation sites (N-methyl/N-ethyl adjacent to an activating group) is 1. The summed E-state index contributed by atoms with van der Waals surface area (Å²) in [5.74, 6) is -0.634. The van der Waals surface area contributed by atoms with Crippen molar-refractivity contribution in [3.8, 4) is 0 Å². The van der Waals surface area contributed by atoms with Gasteiger partial charge in [0.25, 0.3) is 0 Å². The minimum Gasteiger partial charge on any atom is -0.396 e. The Morgan fingerprint density at radius 1 is 1.56 bits per heavy atom. The highest BCUT2D eigenvalue weighted by Crippen LogP contribution is 2.19. The third kappa shape index (κ3) is 2.40. The number of rotatable bonds is 4. The molecule has 0 saturated carbocycles. The largest absolute Gasteiger partial charge is 0.396 e. The monoisotopic (exact) mass is 244 g/mol. The van der Waals surface area contributed by atoms with Crippen LogP contribution in [0.2, 0.25) is 0 Å². The van der Waals surface area contributed by atoms with Gasteiger partial charge >= 0.3 is 0 Å². The Labute approximate surface area is 94.2 Å². The summed E-state index contributed by atoms with van der Waals surface area (Å²) in [4.78, 5) is -0.0317. The van der Waals surface area contributed by atoms with E-state index in [4.69, 9.17) is 5.73 Å². The quantitative estimate of drug-likeness (QED) is 0.639. The van der Waals surface area contributed by atoms with Crippen LogP contribution in [0.4, 0.5) is 10.1 Å². The van der Waals surface area contributed by atoms with Crippen LogP contribution in [0.15, 0.2) is 35.7 Å². The van der Waals surface area contributed by atoms with Crippen LogP contribution in [0, 0.1) is 5.82 Å². The van der Waals surface area contributed by atoms with Crippen molar-refractivity contribution in [3.63, 3.8) is 0 Å². The average molecular weight is 244 g/mol. The van der Waals surface area contributed by atoms with Crippen LogP contribution in [0.1, 0.15) is 0 Å². The van der Waals surface area contributed by atoms with E-state index in [1.54, 1.807) is 0 Å². The molecule has 0 amide bonds. The molecule has 16 heavy (non-hydrogen) atoms. The molecule has 1 rings (SSSR count). The predicted molar refractivity (Wildman–Crippen MR) is 60.8 cm³/mol. The van der Waals surface area contributed by atoms with Gasteiger partial charge in [-0.3, -0.25) is 0 Å². The van der Waals surface area contributed by atoms with Crippen LogP contribution in [-0.4, -0.2) is 26.3 Å². The maximum absolute atomic E-state index is 12.9. The molecule has 0 heterocycles. The maximum Gasteiger partial charge on any atom is 0.243 e. The molecule has 6 heteroatoms. The Balaban J connectivity index is 3.17. The van der Waals surface area contributed by atoms with Crippen molar-refractivity contribution >= 4 is 15.7 Å². The third-order valence-corrected chi connectivity index (χ3v) is 3.88. The van der Waals surface area contributed by atoms with Crippen molar-refractivity contribution in [3.05, 3.63) is 36.7 Å². The summed E-state index contributed by atoms with van der Waals surface area (Å²) in [5.41, 5.74) is 5.13. The van der Waals surface area contributed by atoms with Crippen molar-refractivity contribution < 1.29 is 12.8 Å². The van der Waals surface area contributed by atoms with E-state index in [1.807, 2.05) is 0 Å². The first-order chi connectivity index (χ1) is 7.39. The van der Waals surface area contributed by atoms with E-state index in [0.29, 0.717) is 0 Å². The number of nitrogens with zero attached hydrogens (tertiary/aromatic N) is 1. The van der Waals surface area contributed by atoms with E-state index in [2.05, 4.69) is 6.58 Å². The summed E-state index contributed by atoms with van der Waals surface area (Å²) in [6, 6.07) is 3.31. The van der Waals surface area contributed by atoms with Gasteiger partial charge in [-0.05, 0) is 18.2 Å². The Kier molecular flexibility index (Phi) is 3.66. The second kappa shape index (κ2) is 4.63. The fourth-order valence-corrected chi connectivity index (χ4v) is 2.32. The summed E-state index contributed by atoms with van der Waals surface area (Å²) in [7, 11) is -2.21. The highest BCUT2D eigenvalue weighted by molar-refractivity contribution is 7.89. The summed E-state index contributed by atoms with van der Waals surface area (Å²) >= 11 is 0. The van der Waals surface area contributed by atoms with E-state index in [9.17, 15) is 12.8 Å². The molecule has 0 atom stereocenters. The number of hydrogen-bond donors (Lipinski definition) is 1. The topological polar surface area (TPSA) is 63.4 Å². The van der Waals surface area contributed by atoms with Crippen molar-refractivity contribution in [2.45, 2.75) is 4.90 Å². The van der Waals surface area contributed by atoms with Gasteiger partial charge in [0, 0.05) is 13.6 Å². The highest BCUT2D eigenvalue weighted by Gasteiger charge is 2.20. The number of sulfonamides is 1. The highest BCUT2D eigenvalue weighted by atomic mass is 32.2. The minimum absolute atomic E-state index is 0.0317. The standard InChI is InChI=1S/C10H13FN2O2S/c1-3-6-13(2)16(14,15)8-4-5-9(11)10(12)7-8/h3-5,7H,1,6,12H2,2H3. The van der Waals surface area contributed by atoms with Crippen molar-refractivity contribution in [1.82, 2.24) is 4.31 Å². The molecule has 0 spiro atoms. The van der Waals surface area contributed by atoms with Crippen LogP contribution in [0.5, 0.6) is 0 Å². The number of benzene rings is 1. The first kappa shape index (κ1) is 12.7. The van der Waals surface area contributed by atoms with Gasteiger partial charge < -0.3 is 5.73 Å². The lowest BCUT2D eigenvalue weighted by molar-refractivity contribution is 0.499. The Morgan fingerprint density at radius 3 is 2.69 bits per heavy atom.